The average Bonchev–Trinajstić information content (AvgIpc) is 2.33. The first-order valence-corrected chi connectivity index (χ1v) is 4.22. The first kappa shape index (κ1) is 9.32. The molecule has 0 atom stereocenters. The molecule has 2 N–H and O–H groups in total. The molecule has 0 radical (unpaired) electrons. The molecule has 1 rings (SSSR count). The van der Waals surface area contributed by atoms with Gasteiger partial charge in [0.05, 0.1) is 5.54 Å². The molecule has 4 heteroatoms. The molecule has 1 fully saturated rings. The molecule has 0 unspecified atom stereocenters. The van der Waals surface area contributed by atoms with Gasteiger partial charge in [-0.15, -0.1) is 0 Å². The van der Waals surface area contributed by atoms with E-state index in [0.717, 1.165) is 13.1 Å². The third-order valence-corrected chi connectivity index (χ3v) is 2.45. The normalized spacial score (nSPS) is 19.2. The minimum atomic E-state index is -0.207. The van der Waals surface area contributed by atoms with Crippen molar-refractivity contribution in [2.24, 2.45) is 5.73 Å². The summed E-state index contributed by atoms with van der Waals surface area (Å²) in [6, 6.07) is 0.0884. The van der Waals surface area contributed by atoms with Gasteiger partial charge < -0.3 is 15.5 Å². The Morgan fingerprint density at radius 1 is 1.50 bits per heavy atom. The molecule has 2 amide bonds. The predicted octanol–water partition coefficient (Wildman–Crippen LogP) is 0.0911. The molecule has 1 aliphatic heterocycles. The van der Waals surface area contributed by atoms with Gasteiger partial charge in [-0.2, -0.15) is 0 Å². The van der Waals surface area contributed by atoms with Crippen LogP contribution in [0.5, 0.6) is 0 Å². The van der Waals surface area contributed by atoms with Crippen LogP contribution in [-0.2, 0) is 0 Å². The summed E-state index contributed by atoms with van der Waals surface area (Å²) in [6.07, 6.45) is 0. The monoisotopic (exact) mass is 171 g/mol. The van der Waals surface area contributed by atoms with Crippen LogP contribution in [0.2, 0.25) is 0 Å². The van der Waals surface area contributed by atoms with Crippen LogP contribution in [0.3, 0.4) is 0 Å². The van der Waals surface area contributed by atoms with E-state index in [9.17, 15) is 4.79 Å². The highest BCUT2D eigenvalue weighted by molar-refractivity contribution is 5.77. The zero-order valence-corrected chi connectivity index (χ0v) is 8.00. The van der Waals surface area contributed by atoms with E-state index in [0.29, 0.717) is 6.54 Å². The molecule has 1 heterocycles. The lowest BCUT2D eigenvalue weighted by molar-refractivity contribution is 0.154. The van der Waals surface area contributed by atoms with Gasteiger partial charge in [-0.05, 0) is 13.8 Å². The van der Waals surface area contributed by atoms with Crippen LogP contribution in [0.15, 0.2) is 0 Å². The van der Waals surface area contributed by atoms with E-state index in [1.807, 2.05) is 25.8 Å². The highest BCUT2D eigenvalue weighted by Gasteiger charge is 2.35. The summed E-state index contributed by atoms with van der Waals surface area (Å²) < 4.78 is 0. The predicted molar refractivity (Wildman–Crippen MR) is 47.9 cm³/mol. The van der Waals surface area contributed by atoms with Crippen LogP contribution >= 0.6 is 0 Å². The molecule has 12 heavy (non-hydrogen) atoms. The lowest BCUT2D eigenvalue weighted by Gasteiger charge is -2.33. The number of hydrogen-bond acceptors (Lipinski definition) is 2. The van der Waals surface area contributed by atoms with Crippen LogP contribution < -0.4 is 5.73 Å². The summed E-state index contributed by atoms with van der Waals surface area (Å²) in [5, 5.41) is 0. The van der Waals surface area contributed by atoms with Gasteiger partial charge in [0.1, 0.15) is 0 Å². The molecular weight excluding hydrogens is 154 g/mol. The van der Waals surface area contributed by atoms with Crippen molar-refractivity contribution in [1.29, 1.82) is 0 Å². The second-order valence-electron chi connectivity index (χ2n) is 3.87. The molecule has 0 aromatic carbocycles. The van der Waals surface area contributed by atoms with Gasteiger partial charge in [0.15, 0.2) is 0 Å². The molecule has 1 saturated heterocycles. The molecule has 1 aliphatic rings. The minimum absolute atomic E-state index is 0.0884. The highest BCUT2D eigenvalue weighted by Crippen LogP contribution is 2.18. The maximum Gasteiger partial charge on any atom is 0.320 e. The van der Waals surface area contributed by atoms with Crippen molar-refractivity contribution < 1.29 is 4.79 Å². The largest absolute Gasteiger partial charge is 0.328 e. The van der Waals surface area contributed by atoms with Crippen molar-refractivity contribution >= 4 is 6.03 Å². The Bertz CT molecular complexity index is 191. The van der Waals surface area contributed by atoms with E-state index in [1.165, 1.54) is 0 Å². The van der Waals surface area contributed by atoms with Crippen molar-refractivity contribution in [2.45, 2.75) is 19.4 Å². The van der Waals surface area contributed by atoms with Crippen molar-refractivity contribution in [3.8, 4) is 0 Å². The number of hydrogen-bond donors (Lipinski definition) is 1. The maximum absolute atomic E-state index is 11.5. The molecule has 4 nitrogen and oxygen atoms in total. The van der Waals surface area contributed by atoms with Gasteiger partial charge in [-0.25, -0.2) is 4.79 Å². The summed E-state index contributed by atoms with van der Waals surface area (Å²) in [7, 11) is 1.81. The second kappa shape index (κ2) is 2.94. The van der Waals surface area contributed by atoms with E-state index in [-0.39, 0.29) is 11.6 Å². The first-order valence-electron chi connectivity index (χ1n) is 4.22. The van der Waals surface area contributed by atoms with Gasteiger partial charge in [-0.3, -0.25) is 0 Å². The summed E-state index contributed by atoms with van der Waals surface area (Å²) in [5.41, 5.74) is 5.37. The number of rotatable bonds is 2. The Morgan fingerprint density at radius 2 is 2.08 bits per heavy atom. The summed E-state index contributed by atoms with van der Waals surface area (Å²) in [6.45, 7) is 6.09. The van der Waals surface area contributed by atoms with Gasteiger partial charge in [0, 0.05) is 26.7 Å². The molecule has 0 saturated carbocycles. The molecular formula is C8H17N3O. The third kappa shape index (κ3) is 1.39. The van der Waals surface area contributed by atoms with Gasteiger partial charge in [0.25, 0.3) is 0 Å². The second-order valence-corrected chi connectivity index (χ2v) is 3.87. The van der Waals surface area contributed by atoms with Crippen molar-refractivity contribution in [1.82, 2.24) is 9.80 Å². The van der Waals surface area contributed by atoms with E-state index < -0.39 is 0 Å². The van der Waals surface area contributed by atoms with Crippen molar-refractivity contribution in [3.05, 3.63) is 0 Å². The zero-order valence-electron chi connectivity index (χ0n) is 8.00. The number of amides is 2. The lowest BCUT2D eigenvalue weighted by Crippen LogP contribution is -2.50. The van der Waals surface area contributed by atoms with Crippen molar-refractivity contribution in [3.63, 3.8) is 0 Å². The van der Waals surface area contributed by atoms with Crippen LogP contribution in [0, 0.1) is 0 Å². The van der Waals surface area contributed by atoms with Crippen LogP contribution in [0.1, 0.15) is 13.8 Å². The molecule has 0 aromatic rings. The fourth-order valence-electron chi connectivity index (χ4n) is 1.32. The maximum atomic E-state index is 11.5. The van der Waals surface area contributed by atoms with Crippen LogP contribution in [0.4, 0.5) is 4.79 Å². The fourth-order valence-corrected chi connectivity index (χ4v) is 1.32. The Hall–Kier alpha value is -0.770. The Labute approximate surface area is 73.3 Å². The number of carbonyl (C=O) groups excluding carboxylic acids is 1. The Morgan fingerprint density at radius 3 is 2.42 bits per heavy atom. The van der Waals surface area contributed by atoms with Crippen LogP contribution in [-0.4, -0.2) is 48.1 Å². The molecule has 0 bridgehead atoms. The van der Waals surface area contributed by atoms with Crippen molar-refractivity contribution in [2.75, 3.05) is 26.7 Å². The number of nitrogens with zero attached hydrogens (tertiary/aromatic N) is 2. The van der Waals surface area contributed by atoms with E-state index in [2.05, 4.69) is 0 Å². The minimum Gasteiger partial charge on any atom is -0.328 e. The first-order chi connectivity index (χ1) is 5.49. The topological polar surface area (TPSA) is 49.6 Å². The molecule has 0 aromatic heterocycles. The summed E-state index contributed by atoms with van der Waals surface area (Å²) in [5.74, 6) is 0. The van der Waals surface area contributed by atoms with E-state index in [4.69, 9.17) is 5.73 Å². The number of carbonyl (C=O) groups is 1. The number of urea groups is 1. The average molecular weight is 171 g/mol. The third-order valence-electron chi connectivity index (χ3n) is 2.45. The Kier molecular flexibility index (Phi) is 2.28. The SMILES string of the molecule is CN1CCN(C(C)(C)CN)C1=O. The fraction of sp³-hybridized carbons (Fsp3) is 0.875. The molecule has 0 aliphatic carbocycles. The summed E-state index contributed by atoms with van der Waals surface area (Å²) in [4.78, 5) is 15.1. The van der Waals surface area contributed by atoms with Gasteiger partial charge >= 0.3 is 6.03 Å². The quantitative estimate of drug-likeness (QED) is 0.640. The zero-order chi connectivity index (χ0) is 9.35. The smallest absolute Gasteiger partial charge is 0.320 e. The molecule has 70 valence electrons. The number of likely N-dealkylation sites (N-methyl/N-ethyl adjacent to an activating group) is 1. The number of nitrogens with two attached hydrogens (primary N) is 1. The van der Waals surface area contributed by atoms with Gasteiger partial charge in [-0.1, -0.05) is 0 Å². The highest BCUT2D eigenvalue weighted by atomic mass is 16.2. The standard InChI is InChI=1S/C8H17N3O/c1-8(2,6-9)11-5-4-10(3)7(11)12/h4-6,9H2,1-3H3. The summed E-state index contributed by atoms with van der Waals surface area (Å²) >= 11 is 0. The van der Waals surface area contributed by atoms with Crippen LogP contribution in [0.25, 0.3) is 0 Å². The Balaban J connectivity index is 2.71. The molecule has 0 spiro atoms. The van der Waals surface area contributed by atoms with Gasteiger partial charge in [0.2, 0.25) is 0 Å². The van der Waals surface area contributed by atoms with E-state index >= 15 is 0 Å². The lowest BCUT2D eigenvalue weighted by atomic mass is 10.0. The van der Waals surface area contributed by atoms with E-state index in [1.54, 1.807) is 4.90 Å².